The van der Waals surface area contributed by atoms with E-state index in [0.29, 0.717) is 6.42 Å². The molecule has 0 amide bonds. The first-order valence-electron chi connectivity index (χ1n) is 8.04. The Morgan fingerprint density at radius 2 is 1.67 bits per heavy atom. The van der Waals surface area contributed by atoms with E-state index in [2.05, 4.69) is 23.1 Å². The number of para-hydroxylation sites is 1. The molecule has 1 saturated heterocycles. The van der Waals surface area contributed by atoms with Crippen molar-refractivity contribution in [2.75, 3.05) is 37.0 Å². The molecular formula is C18H22N2O3S. The van der Waals surface area contributed by atoms with E-state index in [1.54, 1.807) is 0 Å². The molecule has 0 aromatic heterocycles. The number of sulfonamides is 1. The summed E-state index contributed by atoms with van der Waals surface area (Å²) in [6.45, 7) is 3.29. The van der Waals surface area contributed by atoms with Gasteiger partial charge in [0.2, 0.25) is 10.0 Å². The van der Waals surface area contributed by atoms with Crippen LogP contribution in [0.15, 0.2) is 48.5 Å². The highest BCUT2D eigenvalue weighted by atomic mass is 32.2. The zero-order chi connectivity index (χ0) is 17.0. The van der Waals surface area contributed by atoms with Crippen molar-refractivity contribution in [3.63, 3.8) is 0 Å². The van der Waals surface area contributed by atoms with Crippen molar-refractivity contribution < 1.29 is 13.2 Å². The molecule has 0 aliphatic carbocycles. The van der Waals surface area contributed by atoms with E-state index < -0.39 is 10.0 Å². The van der Waals surface area contributed by atoms with Crippen molar-refractivity contribution in [2.24, 2.45) is 5.14 Å². The SMILES string of the molecule is NS(=O)(=O)CCc1ccc(-c2ccccc2N2CCOCC2)cc1. The maximum atomic E-state index is 11.1. The van der Waals surface area contributed by atoms with E-state index in [4.69, 9.17) is 9.88 Å². The van der Waals surface area contributed by atoms with Gasteiger partial charge in [0.1, 0.15) is 0 Å². The van der Waals surface area contributed by atoms with Crippen LogP contribution in [0.4, 0.5) is 5.69 Å². The highest BCUT2D eigenvalue weighted by Gasteiger charge is 2.15. The van der Waals surface area contributed by atoms with Crippen LogP contribution in [-0.2, 0) is 21.2 Å². The molecule has 2 aromatic carbocycles. The van der Waals surface area contributed by atoms with Gasteiger partial charge in [-0.3, -0.25) is 0 Å². The number of rotatable bonds is 5. The maximum absolute atomic E-state index is 11.1. The molecule has 1 aliphatic rings. The van der Waals surface area contributed by atoms with Gasteiger partial charge in [-0.15, -0.1) is 0 Å². The van der Waals surface area contributed by atoms with Crippen molar-refractivity contribution in [1.29, 1.82) is 0 Å². The lowest BCUT2D eigenvalue weighted by Crippen LogP contribution is -2.36. The van der Waals surface area contributed by atoms with E-state index in [-0.39, 0.29) is 5.75 Å². The Bertz CT molecular complexity index is 782. The summed E-state index contributed by atoms with van der Waals surface area (Å²) in [7, 11) is -3.42. The zero-order valence-corrected chi connectivity index (χ0v) is 14.3. The largest absolute Gasteiger partial charge is 0.378 e. The minimum Gasteiger partial charge on any atom is -0.378 e. The molecule has 24 heavy (non-hydrogen) atoms. The molecule has 0 saturated carbocycles. The van der Waals surface area contributed by atoms with Gasteiger partial charge in [0.25, 0.3) is 0 Å². The lowest BCUT2D eigenvalue weighted by Gasteiger charge is -2.30. The summed E-state index contributed by atoms with van der Waals surface area (Å²) in [5.74, 6) is -0.0310. The van der Waals surface area contributed by atoms with Gasteiger partial charge < -0.3 is 9.64 Å². The van der Waals surface area contributed by atoms with Crippen molar-refractivity contribution in [1.82, 2.24) is 0 Å². The first-order valence-corrected chi connectivity index (χ1v) is 9.76. The quantitative estimate of drug-likeness (QED) is 0.899. The molecule has 2 aromatic rings. The van der Waals surface area contributed by atoms with Crippen LogP contribution in [0.25, 0.3) is 11.1 Å². The summed E-state index contributed by atoms with van der Waals surface area (Å²) in [6.07, 6.45) is 0.435. The summed E-state index contributed by atoms with van der Waals surface area (Å²) >= 11 is 0. The molecule has 0 spiro atoms. The van der Waals surface area contributed by atoms with Crippen LogP contribution in [0, 0.1) is 0 Å². The Morgan fingerprint density at radius 3 is 2.33 bits per heavy atom. The molecule has 5 nitrogen and oxygen atoms in total. The molecule has 0 bridgehead atoms. The highest BCUT2D eigenvalue weighted by Crippen LogP contribution is 2.31. The normalized spacial score (nSPS) is 15.5. The zero-order valence-electron chi connectivity index (χ0n) is 13.5. The molecule has 0 unspecified atom stereocenters. The third-order valence-electron chi connectivity index (χ3n) is 4.20. The summed E-state index contributed by atoms with van der Waals surface area (Å²) in [6, 6.07) is 16.4. The lowest BCUT2D eigenvalue weighted by molar-refractivity contribution is 0.123. The average Bonchev–Trinajstić information content (AvgIpc) is 2.61. The van der Waals surface area contributed by atoms with E-state index in [1.165, 1.54) is 11.3 Å². The van der Waals surface area contributed by atoms with Crippen LogP contribution in [0.2, 0.25) is 0 Å². The topological polar surface area (TPSA) is 72.6 Å². The fourth-order valence-electron chi connectivity index (χ4n) is 2.91. The molecular weight excluding hydrogens is 324 g/mol. The Labute approximate surface area is 143 Å². The van der Waals surface area contributed by atoms with Crippen LogP contribution in [0.5, 0.6) is 0 Å². The monoisotopic (exact) mass is 346 g/mol. The molecule has 1 fully saturated rings. The number of benzene rings is 2. The van der Waals surface area contributed by atoms with Crippen LogP contribution in [0.1, 0.15) is 5.56 Å². The predicted molar refractivity (Wildman–Crippen MR) is 96.6 cm³/mol. The molecule has 1 heterocycles. The lowest BCUT2D eigenvalue weighted by atomic mass is 10.0. The van der Waals surface area contributed by atoms with Crippen LogP contribution < -0.4 is 10.0 Å². The predicted octanol–water partition coefficient (Wildman–Crippen LogP) is 2.02. The van der Waals surface area contributed by atoms with Gasteiger partial charge >= 0.3 is 0 Å². The number of hydrogen-bond donors (Lipinski definition) is 1. The van der Waals surface area contributed by atoms with E-state index in [1.807, 2.05) is 30.3 Å². The molecule has 128 valence electrons. The number of morpholine rings is 1. The van der Waals surface area contributed by atoms with E-state index in [9.17, 15) is 8.42 Å². The van der Waals surface area contributed by atoms with E-state index >= 15 is 0 Å². The third kappa shape index (κ3) is 4.35. The number of hydrogen-bond acceptors (Lipinski definition) is 4. The van der Waals surface area contributed by atoms with Gasteiger partial charge in [0.15, 0.2) is 0 Å². The van der Waals surface area contributed by atoms with Gasteiger partial charge in [-0.05, 0) is 23.6 Å². The second kappa shape index (κ2) is 7.34. The standard InChI is InChI=1S/C18H22N2O3S/c19-24(21,22)14-9-15-5-7-16(8-6-15)17-3-1-2-4-18(17)20-10-12-23-13-11-20/h1-8H,9-14H2,(H2,19,21,22). The molecule has 0 atom stereocenters. The second-order valence-electron chi connectivity index (χ2n) is 5.93. The Morgan fingerprint density at radius 1 is 1.00 bits per heavy atom. The smallest absolute Gasteiger partial charge is 0.209 e. The van der Waals surface area contributed by atoms with Crippen molar-refractivity contribution in [3.8, 4) is 11.1 Å². The summed E-state index contributed by atoms with van der Waals surface area (Å²) < 4.78 is 27.6. The van der Waals surface area contributed by atoms with Gasteiger partial charge in [-0.2, -0.15) is 0 Å². The minimum atomic E-state index is -3.42. The van der Waals surface area contributed by atoms with Crippen molar-refractivity contribution in [3.05, 3.63) is 54.1 Å². The number of ether oxygens (including phenoxy) is 1. The summed E-state index contributed by atoms with van der Waals surface area (Å²) in [4.78, 5) is 2.34. The molecule has 6 heteroatoms. The summed E-state index contributed by atoms with van der Waals surface area (Å²) in [5, 5.41) is 5.06. The Hall–Kier alpha value is -1.89. The van der Waals surface area contributed by atoms with Crippen LogP contribution >= 0.6 is 0 Å². The van der Waals surface area contributed by atoms with Crippen molar-refractivity contribution in [2.45, 2.75) is 6.42 Å². The first-order chi connectivity index (χ1) is 11.5. The first kappa shape index (κ1) is 17.0. The molecule has 1 aliphatic heterocycles. The second-order valence-corrected chi connectivity index (χ2v) is 7.66. The Balaban J connectivity index is 1.81. The minimum absolute atomic E-state index is 0.0310. The number of aryl methyl sites for hydroxylation is 1. The number of nitrogens with zero attached hydrogens (tertiary/aromatic N) is 1. The van der Waals surface area contributed by atoms with Crippen LogP contribution in [0.3, 0.4) is 0 Å². The van der Waals surface area contributed by atoms with Crippen molar-refractivity contribution >= 4 is 15.7 Å². The Kier molecular flexibility index (Phi) is 5.18. The fourth-order valence-corrected chi connectivity index (χ4v) is 3.43. The number of primary sulfonamides is 1. The summed E-state index contributed by atoms with van der Waals surface area (Å²) in [5.41, 5.74) is 4.48. The maximum Gasteiger partial charge on any atom is 0.209 e. The molecule has 0 radical (unpaired) electrons. The third-order valence-corrected chi connectivity index (χ3v) is 4.97. The van der Waals surface area contributed by atoms with Crippen LogP contribution in [-0.4, -0.2) is 40.5 Å². The molecule has 2 N–H and O–H groups in total. The average molecular weight is 346 g/mol. The fraction of sp³-hybridized carbons (Fsp3) is 0.333. The highest BCUT2D eigenvalue weighted by molar-refractivity contribution is 7.89. The van der Waals surface area contributed by atoms with Gasteiger partial charge in [0, 0.05) is 24.3 Å². The van der Waals surface area contributed by atoms with E-state index in [0.717, 1.165) is 37.4 Å². The number of anilines is 1. The van der Waals surface area contributed by atoms with Gasteiger partial charge in [0.05, 0.1) is 19.0 Å². The molecule has 3 rings (SSSR count). The van der Waals surface area contributed by atoms with Gasteiger partial charge in [-0.1, -0.05) is 42.5 Å². The number of nitrogens with two attached hydrogens (primary N) is 1. The van der Waals surface area contributed by atoms with Gasteiger partial charge in [-0.25, -0.2) is 13.6 Å².